The number of hydrogen-bond donors (Lipinski definition) is 3. The van der Waals surface area contributed by atoms with E-state index in [-0.39, 0.29) is 18.8 Å². The van der Waals surface area contributed by atoms with Gasteiger partial charge in [0.2, 0.25) is 5.91 Å². The molecule has 1 aromatic rings. The van der Waals surface area contributed by atoms with Crippen LogP contribution in [0.15, 0.2) is 18.2 Å². The fourth-order valence-electron chi connectivity index (χ4n) is 1.46. The van der Waals surface area contributed by atoms with Gasteiger partial charge >= 0.3 is 0 Å². The molecule has 1 aromatic carbocycles. The summed E-state index contributed by atoms with van der Waals surface area (Å²) in [5, 5.41) is 22.6. The first-order valence-corrected chi connectivity index (χ1v) is 5.45. The maximum Gasteiger partial charge on any atom is 0.270 e. The first kappa shape index (κ1) is 14.9. The minimum Gasteiger partial charge on any atom is -0.496 e. The predicted molar refractivity (Wildman–Crippen MR) is 66.6 cm³/mol. The molecule has 0 saturated carbocycles. The van der Waals surface area contributed by atoms with Gasteiger partial charge in [-0.05, 0) is 6.07 Å². The lowest BCUT2D eigenvalue weighted by Crippen LogP contribution is -2.37. The van der Waals surface area contributed by atoms with Crippen molar-refractivity contribution in [2.75, 3.05) is 13.7 Å². The summed E-state index contributed by atoms with van der Waals surface area (Å²) >= 11 is 0. The van der Waals surface area contributed by atoms with E-state index in [1.54, 1.807) is 0 Å². The van der Waals surface area contributed by atoms with Gasteiger partial charge in [-0.25, -0.2) is 0 Å². The lowest BCUT2D eigenvalue weighted by Gasteiger charge is -2.11. The highest BCUT2D eigenvalue weighted by atomic mass is 16.6. The molecule has 0 aromatic heterocycles. The van der Waals surface area contributed by atoms with Gasteiger partial charge in [0.25, 0.3) is 5.69 Å². The van der Waals surface area contributed by atoms with Crippen LogP contribution in [-0.2, 0) is 11.3 Å². The quantitative estimate of drug-likeness (QED) is 0.454. The zero-order valence-electron chi connectivity index (χ0n) is 10.3. The topological polar surface area (TPSA) is 128 Å². The van der Waals surface area contributed by atoms with Gasteiger partial charge in [-0.2, -0.15) is 0 Å². The van der Waals surface area contributed by atoms with Crippen LogP contribution < -0.4 is 15.8 Å². The highest BCUT2D eigenvalue weighted by molar-refractivity contribution is 5.78. The smallest absolute Gasteiger partial charge is 0.270 e. The number of nitro benzene ring substituents is 1. The van der Waals surface area contributed by atoms with E-state index in [1.165, 1.54) is 25.3 Å². The molecule has 19 heavy (non-hydrogen) atoms. The normalized spacial score (nSPS) is 11.9. The number of hydrogen-bond acceptors (Lipinski definition) is 6. The van der Waals surface area contributed by atoms with Crippen molar-refractivity contribution in [1.82, 2.24) is 5.32 Å². The Morgan fingerprint density at radius 2 is 2.32 bits per heavy atom. The van der Waals surface area contributed by atoms with E-state index < -0.39 is 16.9 Å². The zero-order chi connectivity index (χ0) is 14.4. The van der Waals surface area contributed by atoms with Crippen LogP contribution in [0.4, 0.5) is 5.69 Å². The Balaban J connectivity index is 2.72. The second-order valence-corrected chi connectivity index (χ2v) is 3.80. The van der Waals surface area contributed by atoms with Crippen LogP contribution >= 0.6 is 0 Å². The van der Waals surface area contributed by atoms with Gasteiger partial charge in [0, 0.05) is 30.8 Å². The molecule has 1 rings (SSSR count). The molecule has 4 N–H and O–H groups in total. The maximum atomic E-state index is 10.7. The molecule has 0 spiro atoms. The first-order chi connectivity index (χ1) is 8.95. The Hall–Kier alpha value is -2.19. The maximum absolute atomic E-state index is 10.7. The van der Waals surface area contributed by atoms with Crippen LogP contribution in [0.2, 0.25) is 0 Å². The third-order valence-corrected chi connectivity index (χ3v) is 2.46. The van der Waals surface area contributed by atoms with Gasteiger partial charge in [-0.3, -0.25) is 14.9 Å². The summed E-state index contributed by atoms with van der Waals surface area (Å²) in [4.78, 5) is 20.8. The number of non-ortho nitro benzene ring substituents is 1. The number of nitro groups is 1. The third-order valence-electron chi connectivity index (χ3n) is 2.46. The molecule has 8 nitrogen and oxygen atoms in total. The third kappa shape index (κ3) is 4.19. The molecule has 0 heterocycles. The molecule has 0 bridgehead atoms. The zero-order valence-corrected chi connectivity index (χ0v) is 10.3. The van der Waals surface area contributed by atoms with Gasteiger partial charge in [0.05, 0.1) is 12.0 Å². The number of primary amides is 1. The van der Waals surface area contributed by atoms with Crippen molar-refractivity contribution in [3.8, 4) is 5.75 Å². The highest BCUT2D eigenvalue weighted by Gasteiger charge is 2.13. The number of methoxy groups -OCH3 is 1. The van der Waals surface area contributed by atoms with E-state index >= 15 is 0 Å². The average molecular weight is 269 g/mol. The largest absolute Gasteiger partial charge is 0.496 e. The number of carbonyl (C=O) groups is 1. The summed E-state index contributed by atoms with van der Waals surface area (Å²) in [6, 6.07) is 4.18. The van der Waals surface area contributed by atoms with E-state index in [1.807, 2.05) is 0 Å². The summed E-state index contributed by atoms with van der Waals surface area (Å²) in [6.07, 6.45) is -1.30. The molecule has 0 aliphatic carbocycles. The standard InChI is InChI=1S/C11H15N3O5/c1-19-10-3-2-8(14(17)18)4-7(10)5-13-6-9(15)11(12)16/h2-4,9,13,15H,5-6H2,1H3,(H2,12,16). The number of amides is 1. The molecule has 0 aliphatic rings. The molecular weight excluding hydrogens is 254 g/mol. The first-order valence-electron chi connectivity index (χ1n) is 5.45. The molecule has 1 atom stereocenters. The average Bonchev–Trinajstić information content (AvgIpc) is 2.38. The van der Waals surface area contributed by atoms with E-state index in [4.69, 9.17) is 10.5 Å². The van der Waals surface area contributed by atoms with Crippen LogP contribution in [0.3, 0.4) is 0 Å². The fourth-order valence-corrected chi connectivity index (χ4v) is 1.46. The monoisotopic (exact) mass is 269 g/mol. The summed E-state index contributed by atoms with van der Waals surface area (Å²) in [5.74, 6) is -0.356. The van der Waals surface area contributed by atoms with Crippen molar-refractivity contribution in [2.24, 2.45) is 5.73 Å². The SMILES string of the molecule is COc1ccc([N+](=O)[O-])cc1CNCC(O)C(N)=O. The van der Waals surface area contributed by atoms with E-state index in [9.17, 15) is 20.0 Å². The number of nitrogens with two attached hydrogens (primary N) is 1. The lowest BCUT2D eigenvalue weighted by atomic mass is 10.1. The molecule has 0 saturated heterocycles. The van der Waals surface area contributed by atoms with Crippen LogP contribution in [-0.4, -0.2) is 35.7 Å². The van der Waals surface area contributed by atoms with Crippen molar-refractivity contribution in [1.29, 1.82) is 0 Å². The van der Waals surface area contributed by atoms with Gasteiger partial charge in [-0.15, -0.1) is 0 Å². The van der Waals surface area contributed by atoms with Crippen LogP contribution in [0.25, 0.3) is 0 Å². The van der Waals surface area contributed by atoms with Crippen molar-refractivity contribution in [3.63, 3.8) is 0 Å². The van der Waals surface area contributed by atoms with Crippen molar-refractivity contribution >= 4 is 11.6 Å². The van der Waals surface area contributed by atoms with E-state index in [0.717, 1.165) is 0 Å². The lowest BCUT2D eigenvalue weighted by molar-refractivity contribution is -0.384. The molecule has 104 valence electrons. The Morgan fingerprint density at radius 3 is 2.84 bits per heavy atom. The second kappa shape index (κ2) is 6.66. The highest BCUT2D eigenvalue weighted by Crippen LogP contribution is 2.23. The predicted octanol–water partition coefficient (Wildman–Crippen LogP) is -0.461. The minimum atomic E-state index is -1.30. The summed E-state index contributed by atoms with van der Waals surface area (Å²) in [7, 11) is 1.45. The summed E-state index contributed by atoms with van der Waals surface area (Å²) < 4.78 is 5.07. The molecule has 0 radical (unpaired) electrons. The molecular formula is C11H15N3O5. The number of nitrogens with zero attached hydrogens (tertiary/aromatic N) is 1. The van der Waals surface area contributed by atoms with E-state index in [2.05, 4.69) is 5.32 Å². The molecule has 0 aliphatic heterocycles. The van der Waals surface area contributed by atoms with Crippen molar-refractivity contribution in [2.45, 2.75) is 12.6 Å². The fraction of sp³-hybridized carbons (Fsp3) is 0.364. The Kier molecular flexibility index (Phi) is 5.22. The molecule has 8 heteroatoms. The van der Waals surface area contributed by atoms with Gasteiger partial charge in [0.15, 0.2) is 0 Å². The number of aliphatic hydroxyl groups excluding tert-OH is 1. The Morgan fingerprint density at radius 1 is 1.63 bits per heavy atom. The van der Waals surface area contributed by atoms with Crippen LogP contribution in [0.5, 0.6) is 5.75 Å². The van der Waals surface area contributed by atoms with Gasteiger partial charge in [-0.1, -0.05) is 0 Å². The van der Waals surface area contributed by atoms with Gasteiger partial charge in [0.1, 0.15) is 11.9 Å². The molecule has 1 unspecified atom stereocenters. The van der Waals surface area contributed by atoms with Crippen molar-refractivity contribution < 1.29 is 19.6 Å². The Labute approximate surface area is 109 Å². The minimum absolute atomic E-state index is 0.0405. The van der Waals surface area contributed by atoms with Crippen molar-refractivity contribution in [3.05, 3.63) is 33.9 Å². The van der Waals surface area contributed by atoms with Gasteiger partial charge < -0.3 is 20.9 Å². The number of rotatable bonds is 7. The number of ether oxygens (including phenoxy) is 1. The Bertz CT molecular complexity index is 477. The number of carbonyl (C=O) groups excluding carboxylic acids is 1. The number of nitrogens with one attached hydrogen (secondary N) is 1. The van der Waals surface area contributed by atoms with Crippen LogP contribution in [0, 0.1) is 10.1 Å². The molecule has 1 amide bonds. The van der Waals surface area contributed by atoms with Crippen LogP contribution in [0.1, 0.15) is 5.56 Å². The number of aliphatic hydroxyl groups is 1. The second-order valence-electron chi connectivity index (χ2n) is 3.80. The summed E-state index contributed by atoms with van der Waals surface area (Å²) in [5.41, 5.74) is 5.38. The number of benzene rings is 1. The summed E-state index contributed by atoms with van der Waals surface area (Å²) in [6.45, 7) is 0.163. The van der Waals surface area contributed by atoms with E-state index in [0.29, 0.717) is 11.3 Å². The molecule has 0 fully saturated rings.